The number of rotatable bonds is 12. The molecule has 34 heavy (non-hydrogen) atoms. The van der Waals surface area contributed by atoms with Gasteiger partial charge in [-0.1, -0.05) is 78.7 Å². The summed E-state index contributed by atoms with van der Waals surface area (Å²) in [6.07, 6.45) is -0.391. The van der Waals surface area contributed by atoms with E-state index in [1.165, 1.54) is 7.11 Å². The summed E-state index contributed by atoms with van der Waals surface area (Å²) >= 11 is 3.42. The summed E-state index contributed by atoms with van der Waals surface area (Å²) < 4.78 is 5.63. The molecule has 2 aromatic rings. The van der Waals surface area contributed by atoms with Gasteiger partial charge >= 0.3 is 6.09 Å². The van der Waals surface area contributed by atoms with E-state index in [0.717, 1.165) is 15.6 Å². The van der Waals surface area contributed by atoms with E-state index in [2.05, 4.69) is 31.4 Å². The van der Waals surface area contributed by atoms with Gasteiger partial charge in [0.05, 0.1) is 13.2 Å². The minimum atomic E-state index is -0.897. The number of halogens is 1. The molecule has 0 aliphatic carbocycles. The predicted octanol–water partition coefficient (Wildman–Crippen LogP) is 2.98. The number of alkyl carbamates (subject to hydrolysis) is 1. The number of methoxy groups -OCH3 is 1. The maximum absolute atomic E-state index is 13.1. The first-order valence-electron chi connectivity index (χ1n) is 11.3. The molecule has 186 valence electrons. The van der Waals surface area contributed by atoms with E-state index in [4.69, 9.17) is 5.73 Å². The van der Waals surface area contributed by atoms with E-state index < -0.39 is 24.3 Å². The molecule has 0 aliphatic heterocycles. The minimum Gasteiger partial charge on any atom is -0.453 e. The van der Waals surface area contributed by atoms with Crippen LogP contribution in [0.2, 0.25) is 0 Å². The Labute approximate surface area is 210 Å². The van der Waals surface area contributed by atoms with Crippen LogP contribution in [-0.2, 0) is 22.5 Å². The summed E-state index contributed by atoms with van der Waals surface area (Å²) in [7, 11) is 1.26. The molecule has 0 aromatic heterocycles. The monoisotopic (exact) mass is 534 g/mol. The predicted molar refractivity (Wildman–Crippen MR) is 136 cm³/mol. The van der Waals surface area contributed by atoms with Gasteiger partial charge in [0.15, 0.2) is 0 Å². The molecular formula is C25H35BrN4O4. The van der Waals surface area contributed by atoms with Crippen molar-refractivity contribution in [1.82, 2.24) is 15.8 Å². The van der Waals surface area contributed by atoms with Gasteiger partial charge in [0.1, 0.15) is 6.04 Å². The van der Waals surface area contributed by atoms with Gasteiger partial charge < -0.3 is 20.9 Å². The fraction of sp³-hybridized carbons (Fsp3) is 0.440. The fourth-order valence-corrected chi connectivity index (χ4v) is 3.72. The summed E-state index contributed by atoms with van der Waals surface area (Å²) in [5, 5.41) is 15.1. The third-order valence-corrected chi connectivity index (χ3v) is 6.25. The number of nitrogens with two attached hydrogens (primary N) is 1. The van der Waals surface area contributed by atoms with Gasteiger partial charge in [0.25, 0.3) is 5.91 Å². The highest BCUT2D eigenvalue weighted by molar-refractivity contribution is 9.10. The van der Waals surface area contributed by atoms with Crippen LogP contribution >= 0.6 is 15.9 Å². The molecule has 0 spiro atoms. The second-order valence-corrected chi connectivity index (χ2v) is 9.32. The van der Waals surface area contributed by atoms with E-state index in [-0.39, 0.29) is 18.4 Å². The van der Waals surface area contributed by atoms with Crippen LogP contribution in [0.4, 0.5) is 4.79 Å². The number of aliphatic hydroxyl groups is 1. The molecule has 0 saturated carbocycles. The molecule has 8 nitrogen and oxygen atoms in total. The van der Waals surface area contributed by atoms with Gasteiger partial charge in [-0.3, -0.25) is 10.2 Å². The number of hydrazine groups is 1. The van der Waals surface area contributed by atoms with Crippen molar-refractivity contribution in [3.63, 3.8) is 0 Å². The van der Waals surface area contributed by atoms with E-state index in [1.807, 2.05) is 68.4 Å². The number of ether oxygens (including phenoxy) is 1. The van der Waals surface area contributed by atoms with Gasteiger partial charge in [-0.05, 0) is 35.6 Å². The highest BCUT2D eigenvalue weighted by Gasteiger charge is 2.29. The molecule has 0 fully saturated rings. The van der Waals surface area contributed by atoms with Gasteiger partial charge in [0.2, 0.25) is 0 Å². The molecule has 0 aliphatic rings. The van der Waals surface area contributed by atoms with E-state index in [9.17, 15) is 14.7 Å². The number of benzene rings is 2. The molecule has 0 heterocycles. The van der Waals surface area contributed by atoms with Gasteiger partial charge in [-0.15, -0.1) is 0 Å². The average molecular weight is 535 g/mol. The molecule has 2 rings (SSSR count). The highest BCUT2D eigenvalue weighted by Crippen LogP contribution is 2.14. The third kappa shape index (κ3) is 9.06. The van der Waals surface area contributed by atoms with Crippen molar-refractivity contribution in [2.24, 2.45) is 11.7 Å². The van der Waals surface area contributed by atoms with Crippen LogP contribution in [0.1, 0.15) is 31.4 Å². The number of nitrogens with zero attached hydrogens (tertiary/aromatic N) is 1. The lowest BCUT2D eigenvalue weighted by Crippen LogP contribution is -2.57. The fourth-order valence-electron chi connectivity index (χ4n) is 3.46. The second-order valence-electron chi connectivity index (χ2n) is 8.40. The molecule has 2 amide bonds. The zero-order chi connectivity index (χ0) is 25.1. The van der Waals surface area contributed by atoms with Gasteiger partial charge in [-0.25, -0.2) is 9.80 Å². The Hall–Kier alpha value is -2.46. The first-order valence-corrected chi connectivity index (χ1v) is 12.1. The van der Waals surface area contributed by atoms with Crippen LogP contribution in [0.15, 0.2) is 59.1 Å². The summed E-state index contributed by atoms with van der Waals surface area (Å²) in [6, 6.07) is 16.1. The lowest BCUT2D eigenvalue weighted by molar-refractivity contribution is -0.130. The molecule has 0 radical (unpaired) electrons. The number of aliphatic hydroxyl groups excluding tert-OH is 1. The lowest BCUT2D eigenvalue weighted by atomic mass is 9.98. The number of nitrogens with one attached hydrogen (secondary N) is 2. The number of carbonyl (C=O) groups excluding carboxylic acids is 2. The van der Waals surface area contributed by atoms with Crippen LogP contribution in [0.3, 0.4) is 0 Å². The number of amides is 2. The number of carbonyl (C=O) groups is 2. The maximum atomic E-state index is 13.1. The smallest absolute Gasteiger partial charge is 0.407 e. The van der Waals surface area contributed by atoms with Crippen LogP contribution < -0.4 is 16.5 Å². The molecule has 9 heteroatoms. The zero-order valence-corrected chi connectivity index (χ0v) is 21.5. The standard InChI is InChI=1S/C25H35BrN4O4/c1-4-17(2)23(28-25(33)34-3)24(32)29-30(15-19-10-12-20(26)13-11-19)16-22(31)21(27)14-18-8-6-5-7-9-18/h5-13,17,21-23,31H,4,14-16,27H2,1-3H3,(H,28,33)(H,29,32)/t17-,21-,22-,23-/m0/s1. The highest BCUT2D eigenvalue weighted by atomic mass is 79.9. The van der Waals surface area contributed by atoms with Crippen molar-refractivity contribution >= 4 is 27.9 Å². The van der Waals surface area contributed by atoms with Crippen molar-refractivity contribution in [2.45, 2.75) is 51.4 Å². The Morgan fingerprint density at radius 3 is 2.35 bits per heavy atom. The van der Waals surface area contributed by atoms with Gasteiger partial charge in [0, 0.05) is 23.6 Å². The number of hydrogen-bond donors (Lipinski definition) is 4. The Balaban J connectivity index is 2.15. The van der Waals surface area contributed by atoms with Crippen LogP contribution in [0.5, 0.6) is 0 Å². The van der Waals surface area contributed by atoms with Crippen molar-refractivity contribution in [3.05, 3.63) is 70.2 Å². The lowest BCUT2D eigenvalue weighted by Gasteiger charge is -2.31. The van der Waals surface area contributed by atoms with Crippen molar-refractivity contribution in [1.29, 1.82) is 0 Å². The Kier molecular flexibility index (Phi) is 11.5. The first kappa shape index (κ1) is 27.8. The summed E-state index contributed by atoms with van der Waals surface area (Å²) in [6.45, 7) is 4.28. The normalized spacial score (nSPS) is 14.7. The zero-order valence-electron chi connectivity index (χ0n) is 19.9. The van der Waals surface area contributed by atoms with Crippen LogP contribution in [0, 0.1) is 5.92 Å². The van der Waals surface area contributed by atoms with Gasteiger partial charge in [-0.2, -0.15) is 0 Å². The third-order valence-electron chi connectivity index (χ3n) is 5.73. The Morgan fingerprint density at radius 2 is 1.76 bits per heavy atom. The van der Waals surface area contributed by atoms with Crippen LogP contribution in [0.25, 0.3) is 0 Å². The molecule has 5 N–H and O–H groups in total. The Bertz CT molecular complexity index is 898. The van der Waals surface area contributed by atoms with Crippen molar-refractivity contribution < 1.29 is 19.4 Å². The Morgan fingerprint density at radius 1 is 1.12 bits per heavy atom. The summed E-state index contributed by atoms with van der Waals surface area (Å²) in [5.41, 5.74) is 11.1. The average Bonchev–Trinajstić information content (AvgIpc) is 2.83. The topological polar surface area (TPSA) is 117 Å². The molecule has 0 unspecified atom stereocenters. The second kappa shape index (κ2) is 14.1. The summed E-state index contributed by atoms with van der Waals surface area (Å²) in [5.74, 6) is -0.514. The quantitative estimate of drug-likeness (QED) is 0.311. The van der Waals surface area contributed by atoms with E-state index in [0.29, 0.717) is 19.4 Å². The maximum Gasteiger partial charge on any atom is 0.407 e. The molecule has 0 bridgehead atoms. The molecular weight excluding hydrogens is 500 g/mol. The van der Waals surface area contributed by atoms with E-state index in [1.54, 1.807) is 5.01 Å². The first-order chi connectivity index (χ1) is 16.2. The SMILES string of the molecule is CC[C@H](C)[C@H](NC(=O)OC)C(=O)NN(Cc1ccc(Br)cc1)C[C@H](O)[C@@H](N)Cc1ccccc1. The molecule has 0 saturated heterocycles. The van der Waals surface area contributed by atoms with E-state index >= 15 is 0 Å². The molecule has 4 atom stereocenters. The van der Waals surface area contributed by atoms with Crippen molar-refractivity contribution in [3.8, 4) is 0 Å². The number of hydrogen-bond acceptors (Lipinski definition) is 6. The van der Waals surface area contributed by atoms with Crippen molar-refractivity contribution in [2.75, 3.05) is 13.7 Å². The largest absolute Gasteiger partial charge is 0.453 e. The minimum absolute atomic E-state index is 0.112. The van der Waals surface area contributed by atoms with Crippen LogP contribution in [-0.4, -0.2) is 54.0 Å². The summed E-state index contributed by atoms with van der Waals surface area (Å²) in [4.78, 5) is 25.0. The molecule has 2 aromatic carbocycles.